The Balaban J connectivity index is 2.57. The minimum atomic E-state index is 0.00288. The molecule has 0 bridgehead atoms. The first kappa shape index (κ1) is 14.5. The Morgan fingerprint density at radius 1 is 1.44 bits per heavy atom. The molecule has 0 unspecified atom stereocenters. The standard InChI is InChI=1S/C14H22N2O2/c1-3-11-4-5-13(18-2)12(10-11)7-9-16-14(17)6-8-15/h4-5,10H,3,6-9,15H2,1-2H3,(H,16,17). The zero-order valence-corrected chi connectivity index (χ0v) is 11.2. The van der Waals surface area contributed by atoms with E-state index in [-0.39, 0.29) is 5.91 Å². The number of nitrogens with one attached hydrogen (secondary N) is 1. The first-order chi connectivity index (χ1) is 8.71. The maximum Gasteiger partial charge on any atom is 0.221 e. The Kier molecular flexibility index (Phi) is 6.22. The van der Waals surface area contributed by atoms with Gasteiger partial charge < -0.3 is 15.8 Å². The predicted molar refractivity (Wildman–Crippen MR) is 72.8 cm³/mol. The van der Waals surface area contributed by atoms with Crippen LogP contribution in [0.2, 0.25) is 0 Å². The van der Waals surface area contributed by atoms with E-state index >= 15 is 0 Å². The largest absolute Gasteiger partial charge is 0.496 e. The van der Waals surface area contributed by atoms with Crippen LogP contribution < -0.4 is 15.8 Å². The molecule has 0 fully saturated rings. The van der Waals surface area contributed by atoms with Crippen molar-refractivity contribution >= 4 is 5.91 Å². The molecule has 4 nitrogen and oxygen atoms in total. The van der Waals surface area contributed by atoms with Gasteiger partial charge in [-0.25, -0.2) is 0 Å². The molecule has 0 atom stereocenters. The van der Waals surface area contributed by atoms with Gasteiger partial charge in [0.1, 0.15) is 5.75 Å². The van der Waals surface area contributed by atoms with E-state index in [2.05, 4.69) is 24.4 Å². The van der Waals surface area contributed by atoms with Crippen LogP contribution >= 0.6 is 0 Å². The molecule has 0 saturated carbocycles. The number of benzene rings is 1. The van der Waals surface area contributed by atoms with Gasteiger partial charge in [-0.05, 0) is 30.0 Å². The SMILES string of the molecule is CCc1ccc(OC)c(CCNC(=O)CCN)c1. The number of hydrogen-bond acceptors (Lipinski definition) is 3. The lowest BCUT2D eigenvalue weighted by atomic mass is 10.1. The van der Waals surface area contributed by atoms with Crippen LogP contribution in [-0.4, -0.2) is 26.1 Å². The minimum Gasteiger partial charge on any atom is -0.496 e. The highest BCUT2D eigenvalue weighted by Crippen LogP contribution is 2.20. The van der Waals surface area contributed by atoms with E-state index in [4.69, 9.17) is 10.5 Å². The van der Waals surface area contributed by atoms with Crippen LogP contribution in [0, 0.1) is 0 Å². The van der Waals surface area contributed by atoms with Crippen LogP contribution in [0.4, 0.5) is 0 Å². The van der Waals surface area contributed by atoms with Crippen LogP contribution in [0.1, 0.15) is 24.5 Å². The van der Waals surface area contributed by atoms with Crippen molar-refractivity contribution in [2.24, 2.45) is 5.73 Å². The average Bonchev–Trinajstić information content (AvgIpc) is 2.39. The van der Waals surface area contributed by atoms with Gasteiger partial charge in [-0.3, -0.25) is 4.79 Å². The summed E-state index contributed by atoms with van der Waals surface area (Å²) in [6.07, 6.45) is 2.15. The Bertz CT molecular complexity index is 391. The fourth-order valence-corrected chi connectivity index (χ4v) is 1.80. The number of amides is 1. The number of rotatable bonds is 7. The Morgan fingerprint density at radius 2 is 2.22 bits per heavy atom. The van der Waals surface area contributed by atoms with E-state index in [1.165, 1.54) is 5.56 Å². The minimum absolute atomic E-state index is 0.00288. The first-order valence-corrected chi connectivity index (χ1v) is 6.33. The number of ether oxygens (including phenoxy) is 1. The number of carbonyl (C=O) groups excluding carboxylic acids is 1. The van der Waals surface area contributed by atoms with Crippen molar-refractivity contribution in [1.29, 1.82) is 0 Å². The third-order valence-electron chi connectivity index (χ3n) is 2.84. The number of aryl methyl sites for hydroxylation is 1. The molecular formula is C14H22N2O2. The molecule has 0 aliphatic rings. The Hall–Kier alpha value is -1.55. The third kappa shape index (κ3) is 4.37. The molecule has 1 amide bonds. The predicted octanol–water partition coefficient (Wildman–Crippen LogP) is 1.27. The van der Waals surface area contributed by atoms with Crippen LogP contribution in [0.3, 0.4) is 0 Å². The fraction of sp³-hybridized carbons (Fsp3) is 0.500. The molecule has 0 aliphatic carbocycles. The van der Waals surface area contributed by atoms with Crippen LogP contribution in [-0.2, 0) is 17.6 Å². The van der Waals surface area contributed by atoms with Gasteiger partial charge in [0.2, 0.25) is 5.91 Å². The fourth-order valence-electron chi connectivity index (χ4n) is 1.80. The molecule has 1 aromatic rings. The van der Waals surface area contributed by atoms with Gasteiger partial charge in [0.25, 0.3) is 0 Å². The smallest absolute Gasteiger partial charge is 0.221 e. The van der Waals surface area contributed by atoms with Gasteiger partial charge in [0.15, 0.2) is 0 Å². The monoisotopic (exact) mass is 250 g/mol. The summed E-state index contributed by atoms with van der Waals surface area (Å²) in [5.74, 6) is 0.878. The van der Waals surface area contributed by atoms with Gasteiger partial charge >= 0.3 is 0 Å². The van der Waals surface area contributed by atoms with E-state index in [0.717, 1.165) is 24.2 Å². The van der Waals surface area contributed by atoms with Crippen molar-refractivity contribution in [2.75, 3.05) is 20.2 Å². The first-order valence-electron chi connectivity index (χ1n) is 6.33. The molecule has 0 spiro atoms. The maximum atomic E-state index is 11.3. The quantitative estimate of drug-likeness (QED) is 0.766. The van der Waals surface area contributed by atoms with E-state index in [1.807, 2.05) is 6.07 Å². The molecule has 0 radical (unpaired) electrons. The summed E-state index contributed by atoms with van der Waals surface area (Å²) in [7, 11) is 1.66. The van der Waals surface area contributed by atoms with Crippen molar-refractivity contribution in [1.82, 2.24) is 5.32 Å². The molecular weight excluding hydrogens is 228 g/mol. The van der Waals surface area contributed by atoms with Gasteiger partial charge in [-0.2, -0.15) is 0 Å². The molecule has 100 valence electrons. The molecule has 4 heteroatoms. The second kappa shape index (κ2) is 7.71. The topological polar surface area (TPSA) is 64.3 Å². The third-order valence-corrected chi connectivity index (χ3v) is 2.84. The lowest BCUT2D eigenvalue weighted by molar-refractivity contribution is -0.120. The molecule has 0 aliphatic heterocycles. The highest BCUT2D eigenvalue weighted by Gasteiger charge is 2.05. The molecule has 0 aromatic heterocycles. The van der Waals surface area contributed by atoms with Crippen molar-refractivity contribution in [3.05, 3.63) is 29.3 Å². The summed E-state index contributed by atoms with van der Waals surface area (Å²) >= 11 is 0. The van der Waals surface area contributed by atoms with Gasteiger partial charge in [0, 0.05) is 19.5 Å². The summed E-state index contributed by atoms with van der Waals surface area (Å²) in [6, 6.07) is 6.18. The van der Waals surface area contributed by atoms with Gasteiger partial charge in [0.05, 0.1) is 7.11 Å². The number of carbonyl (C=O) groups is 1. The summed E-state index contributed by atoms with van der Waals surface area (Å²) in [5, 5.41) is 2.85. The lowest BCUT2D eigenvalue weighted by Gasteiger charge is -2.11. The number of hydrogen-bond donors (Lipinski definition) is 2. The zero-order valence-electron chi connectivity index (χ0n) is 11.2. The summed E-state index contributed by atoms with van der Waals surface area (Å²) in [6.45, 7) is 3.12. The summed E-state index contributed by atoms with van der Waals surface area (Å²) in [4.78, 5) is 11.3. The van der Waals surface area contributed by atoms with Crippen molar-refractivity contribution in [3.8, 4) is 5.75 Å². The molecule has 0 saturated heterocycles. The van der Waals surface area contributed by atoms with Crippen LogP contribution in [0.25, 0.3) is 0 Å². The zero-order chi connectivity index (χ0) is 13.4. The van der Waals surface area contributed by atoms with Gasteiger partial charge in [-0.1, -0.05) is 19.1 Å². The van der Waals surface area contributed by atoms with E-state index in [1.54, 1.807) is 7.11 Å². The Labute approximate surface area is 109 Å². The highest BCUT2D eigenvalue weighted by molar-refractivity contribution is 5.76. The van der Waals surface area contributed by atoms with Crippen LogP contribution in [0.15, 0.2) is 18.2 Å². The molecule has 0 heterocycles. The second-order valence-electron chi connectivity index (χ2n) is 4.14. The van der Waals surface area contributed by atoms with Crippen molar-refractivity contribution in [3.63, 3.8) is 0 Å². The lowest BCUT2D eigenvalue weighted by Crippen LogP contribution is -2.27. The Morgan fingerprint density at radius 3 is 2.83 bits per heavy atom. The number of methoxy groups -OCH3 is 1. The summed E-state index contributed by atoms with van der Waals surface area (Å²) in [5.41, 5.74) is 7.72. The molecule has 18 heavy (non-hydrogen) atoms. The molecule has 1 rings (SSSR count). The van der Waals surface area contributed by atoms with Crippen molar-refractivity contribution in [2.45, 2.75) is 26.2 Å². The van der Waals surface area contributed by atoms with Crippen LogP contribution in [0.5, 0.6) is 5.75 Å². The van der Waals surface area contributed by atoms with Gasteiger partial charge in [-0.15, -0.1) is 0 Å². The highest BCUT2D eigenvalue weighted by atomic mass is 16.5. The molecule has 3 N–H and O–H groups in total. The van der Waals surface area contributed by atoms with E-state index < -0.39 is 0 Å². The number of nitrogens with two attached hydrogens (primary N) is 1. The molecule has 1 aromatic carbocycles. The van der Waals surface area contributed by atoms with Crippen molar-refractivity contribution < 1.29 is 9.53 Å². The normalized spacial score (nSPS) is 10.2. The summed E-state index contributed by atoms with van der Waals surface area (Å²) < 4.78 is 5.32. The average molecular weight is 250 g/mol. The maximum absolute atomic E-state index is 11.3. The van der Waals surface area contributed by atoms with E-state index in [0.29, 0.717) is 19.5 Å². The van der Waals surface area contributed by atoms with E-state index in [9.17, 15) is 4.79 Å². The second-order valence-corrected chi connectivity index (χ2v) is 4.14.